The predicted octanol–water partition coefficient (Wildman–Crippen LogP) is 0.724. The van der Waals surface area contributed by atoms with Crippen LogP contribution in [0.1, 0.15) is 20.8 Å². The van der Waals surface area contributed by atoms with Crippen LogP contribution in [0.3, 0.4) is 0 Å². The van der Waals surface area contributed by atoms with Crippen LogP contribution in [0, 0.1) is 0 Å². The molecule has 12 heavy (non-hydrogen) atoms. The fourth-order valence-corrected chi connectivity index (χ4v) is 1.31. The quantitative estimate of drug-likeness (QED) is 0.646. The van der Waals surface area contributed by atoms with E-state index < -0.39 is 0 Å². The average molecular weight is 175 g/mol. The lowest BCUT2D eigenvalue weighted by molar-refractivity contribution is 0.0650. The molecule has 0 rings (SSSR count). The van der Waals surface area contributed by atoms with E-state index >= 15 is 0 Å². The summed E-state index contributed by atoms with van der Waals surface area (Å²) in [6.45, 7) is 8.41. The second-order valence-corrected chi connectivity index (χ2v) is 3.24. The smallest absolute Gasteiger partial charge is 0.0639 e. The maximum absolute atomic E-state index is 9.19. The second kappa shape index (κ2) is 6.40. The Bertz CT molecular complexity index is 107. The maximum atomic E-state index is 9.19. The summed E-state index contributed by atoms with van der Waals surface area (Å²) in [4.78, 5) is 2.20. The highest BCUT2D eigenvalue weighted by Crippen LogP contribution is 2.00. The third kappa shape index (κ3) is 4.70. The molecule has 74 valence electrons. The molecule has 0 aromatic heterocycles. The molecule has 0 aromatic carbocycles. The highest BCUT2D eigenvalue weighted by molar-refractivity contribution is 4.67. The van der Waals surface area contributed by atoms with Crippen LogP contribution in [0.5, 0.6) is 0 Å². The van der Waals surface area contributed by atoms with Crippen LogP contribution in [0.4, 0.5) is 0 Å². The van der Waals surface area contributed by atoms with Crippen LogP contribution < -0.4 is 0 Å². The van der Waals surface area contributed by atoms with E-state index in [2.05, 4.69) is 18.7 Å². The second-order valence-electron chi connectivity index (χ2n) is 3.24. The number of nitrogens with zero attached hydrogens (tertiary/aromatic N) is 1. The predicted molar refractivity (Wildman–Crippen MR) is 50.3 cm³/mol. The number of aliphatic hydroxyl groups is 1. The van der Waals surface area contributed by atoms with Crippen LogP contribution in [0.15, 0.2) is 0 Å². The average Bonchev–Trinajstić information content (AvgIpc) is 2.00. The Morgan fingerprint density at radius 2 is 2.00 bits per heavy atom. The number of methoxy groups -OCH3 is 1. The van der Waals surface area contributed by atoms with E-state index in [-0.39, 0.29) is 6.10 Å². The van der Waals surface area contributed by atoms with Gasteiger partial charge in [-0.25, -0.2) is 0 Å². The lowest BCUT2D eigenvalue weighted by atomic mass is 10.2. The molecule has 0 fully saturated rings. The zero-order valence-corrected chi connectivity index (χ0v) is 8.58. The van der Waals surface area contributed by atoms with E-state index in [9.17, 15) is 5.11 Å². The Morgan fingerprint density at radius 1 is 1.42 bits per heavy atom. The maximum Gasteiger partial charge on any atom is 0.0639 e. The van der Waals surface area contributed by atoms with E-state index in [4.69, 9.17) is 4.74 Å². The van der Waals surface area contributed by atoms with Gasteiger partial charge in [0, 0.05) is 19.7 Å². The third-order valence-electron chi connectivity index (χ3n) is 1.94. The zero-order valence-electron chi connectivity index (χ0n) is 8.58. The molecule has 0 bridgehead atoms. The lowest BCUT2D eigenvalue weighted by Gasteiger charge is -2.28. The SMILES string of the molecule is CCN(C[C@@H](C)O)C(C)COC. The van der Waals surface area contributed by atoms with Crippen molar-refractivity contribution >= 4 is 0 Å². The van der Waals surface area contributed by atoms with Crippen molar-refractivity contribution < 1.29 is 9.84 Å². The fraction of sp³-hybridized carbons (Fsp3) is 1.00. The molecule has 3 nitrogen and oxygen atoms in total. The molecule has 0 saturated carbocycles. The Labute approximate surface area is 75.3 Å². The molecule has 0 aliphatic rings. The summed E-state index contributed by atoms with van der Waals surface area (Å²) in [5.41, 5.74) is 0. The molecule has 0 amide bonds. The van der Waals surface area contributed by atoms with E-state index in [1.807, 2.05) is 6.92 Å². The monoisotopic (exact) mass is 175 g/mol. The van der Waals surface area contributed by atoms with Gasteiger partial charge in [0.15, 0.2) is 0 Å². The third-order valence-corrected chi connectivity index (χ3v) is 1.94. The highest BCUT2D eigenvalue weighted by Gasteiger charge is 2.12. The normalized spacial score (nSPS) is 16.5. The first kappa shape index (κ1) is 11.9. The van der Waals surface area contributed by atoms with Crippen molar-refractivity contribution in [3.8, 4) is 0 Å². The number of hydrogen-bond donors (Lipinski definition) is 1. The van der Waals surface area contributed by atoms with E-state index in [0.29, 0.717) is 6.04 Å². The number of rotatable bonds is 6. The van der Waals surface area contributed by atoms with Crippen molar-refractivity contribution in [1.82, 2.24) is 4.90 Å². The van der Waals surface area contributed by atoms with Gasteiger partial charge in [-0.1, -0.05) is 6.92 Å². The molecular weight excluding hydrogens is 154 g/mol. The summed E-state index contributed by atoms with van der Waals surface area (Å²) >= 11 is 0. The van der Waals surface area contributed by atoms with Gasteiger partial charge < -0.3 is 9.84 Å². The van der Waals surface area contributed by atoms with Gasteiger partial charge in [-0.2, -0.15) is 0 Å². The molecule has 2 atom stereocenters. The van der Waals surface area contributed by atoms with Gasteiger partial charge in [0.25, 0.3) is 0 Å². The van der Waals surface area contributed by atoms with Gasteiger partial charge in [0.05, 0.1) is 12.7 Å². The van der Waals surface area contributed by atoms with Crippen molar-refractivity contribution in [3.63, 3.8) is 0 Å². The van der Waals surface area contributed by atoms with Crippen LogP contribution in [-0.4, -0.2) is 49.0 Å². The van der Waals surface area contributed by atoms with E-state index in [1.54, 1.807) is 7.11 Å². The molecule has 0 radical (unpaired) electrons. The molecule has 0 heterocycles. The summed E-state index contributed by atoms with van der Waals surface area (Å²) in [5, 5.41) is 9.19. The molecule has 0 spiro atoms. The summed E-state index contributed by atoms with van der Waals surface area (Å²) in [7, 11) is 1.70. The first-order chi connectivity index (χ1) is 5.61. The van der Waals surface area contributed by atoms with Crippen LogP contribution in [0.25, 0.3) is 0 Å². The van der Waals surface area contributed by atoms with Gasteiger partial charge in [0.2, 0.25) is 0 Å². The number of aliphatic hydroxyl groups excluding tert-OH is 1. The molecule has 1 unspecified atom stereocenters. The summed E-state index contributed by atoms with van der Waals surface area (Å²) in [6.07, 6.45) is -0.260. The molecular formula is C9H21NO2. The van der Waals surface area contributed by atoms with Crippen LogP contribution in [0.2, 0.25) is 0 Å². The Kier molecular flexibility index (Phi) is 6.34. The summed E-state index contributed by atoms with van der Waals surface area (Å²) < 4.78 is 5.04. The minimum atomic E-state index is -0.260. The van der Waals surface area contributed by atoms with Crippen molar-refractivity contribution in [2.45, 2.75) is 32.9 Å². The topological polar surface area (TPSA) is 32.7 Å². The first-order valence-electron chi connectivity index (χ1n) is 4.52. The molecule has 0 aromatic rings. The molecule has 0 aliphatic heterocycles. The van der Waals surface area contributed by atoms with Crippen LogP contribution in [-0.2, 0) is 4.74 Å². The number of ether oxygens (including phenoxy) is 1. The Balaban J connectivity index is 3.78. The van der Waals surface area contributed by atoms with Gasteiger partial charge in [-0.05, 0) is 20.4 Å². The molecule has 0 saturated heterocycles. The minimum absolute atomic E-state index is 0.260. The van der Waals surface area contributed by atoms with E-state index in [0.717, 1.165) is 19.7 Å². The lowest BCUT2D eigenvalue weighted by Crippen LogP contribution is -2.40. The van der Waals surface area contributed by atoms with Crippen molar-refractivity contribution in [3.05, 3.63) is 0 Å². The van der Waals surface area contributed by atoms with Gasteiger partial charge in [-0.3, -0.25) is 4.90 Å². The van der Waals surface area contributed by atoms with Crippen molar-refractivity contribution in [2.75, 3.05) is 26.8 Å². The largest absolute Gasteiger partial charge is 0.392 e. The van der Waals surface area contributed by atoms with Gasteiger partial charge in [-0.15, -0.1) is 0 Å². The van der Waals surface area contributed by atoms with Crippen LogP contribution >= 0.6 is 0 Å². The zero-order chi connectivity index (χ0) is 9.56. The fourth-order valence-electron chi connectivity index (χ4n) is 1.31. The van der Waals surface area contributed by atoms with Crippen molar-refractivity contribution in [2.24, 2.45) is 0 Å². The van der Waals surface area contributed by atoms with Gasteiger partial charge in [0.1, 0.15) is 0 Å². The highest BCUT2D eigenvalue weighted by atomic mass is 16.5. The standard InChI is InChI=1S/C9H21NO2/c1-5-10(6-9(3)11)8(2)7-12-4/h8-9,11H,5-7H2,1-4H3/t8?,9-/m1/s1. The summed E-state index contributed by atoms with van der Waals surface area (Å²) in [5.74, 6) is 0. The molecule has 3 heteroatoms. The number of hydrogen-bond acceptors (Lipinski definition) is 3. The van der Waals surface area contributed by atoms with Gasteiger partial charge >= 0.3 is 0 Å². The Hall–Kier alpha value is -0.120. The van der Waals surface area contributed by atoms with E-state index in [1.165, 1.54) is 0 Å². The minimum Gasteiger partial charge on any atom is -0.392 e. The van der Waals surface area contributed by atoms with Crippen molar-refractivity contribution in [1.29, 1.82) is 0 Å². The number of likely N-dealkylation sites (N-methyl/N-ethyl adjacent to an activating group) is 1. The molecule has 0 aliphatic carbocycles. The summed E-state index contributed by atoms with van der Waals surface area (Å²) in [6, 6.07) is 0.384. The first-order valence-corrected chi connectivity index (χ1v) is 4.52. The Morgan fingerprint density at radius 3 is 2.33 bits per heavy atom. The molecule has 1 N–H and O–H groups in total.